The van der Waals surface area contributed by atoms with Gasteiger partial charge in [0.2, 0.25) is 0 Å². The zero-order valence-corrected chi connectivity index (χ0v) is 21.7. The quantitative estimate of drug-likeness (QED) is 0.208. The Bertz CT molecular complexity index is 585. The van der Waals surface area contributed by atoms with Crippen LogP contribution in [0.25, 0.3) is 0 Å². The number of ether oxygens (including phenoxy) is 1. The van der Waals surface area contributed by atoms with Gasteiger partial charge in [0.15, 0.2) is 11.9 Å². The third-order valence-corrected chi connectivity index (χ3v) is 6.53. The van der Waals surface area contributed by atoms with E-state index >= 15 is 0 Å². The molecule has 28 heavy (non-hydrogen) atoms. The normalized spacial score (nSPS) is 20.8. The predicted molar refractivity (Wildman–Crippen MR) is 111 cm³/mol. The second-order valence-corrected chi connectivity index (χ2v) is 9.20. The van der Waals surface area contributed by atoms with Gasteiger partial charge in [-0.3, -0.25) is 9.59 Å². The fraction of sp³-hybridized carbons (Fsp3) is 0.556. The summed E-state index contributed by atoms with van der Waals surface area (Å²) in [5.41, 5.74) is 0.401. The molecule has 2 unspecified atom stereocenters. The van der Waals surface area contributed by atoms with Crippen molar-refractivity contribution in [3.63, 3.8) is 0 Å². The third-order valence-electron chi connectivity index (χ3n) is 3.17. The van der Waals surface area contributed by atoms with E-state index in [4.69, 9.17) is 4.74 Å². The molecule has 2 rings (SSSR count). The van der Waals surface area contributed by atoms with Gasteiger partial charge >= 0.3 is 35.5 Å². The second kappa shape index (κ2) is 16.7. The number of carbonyl (C=O) groups excluding carboxylic acids is 4. The van der Waals surface area contributed by atoms with E-state index in [0.717, 1.165) is 23.7 Å². The van der Waals surface area contributed by atoms with Gasteiger partial charge < -0.3 is 14.6 Å². The van der Waals surface area contributed by atoms with Gasteiger partial charge in [0.05, 0.1) is 10.8 Å². The summed E-state index contributed by atoms with van der Waals surface area (Å²) in [5.74, 6) is 2.12. The van der Waals surface area contributed by atoms with Crippen LogP contribution in [-0.2, 0) is 23.9 Å². The maximum atomic E-state index is 11.2. The van der Waals surface area contributed by atoms with Crippen LogP contribution in [0.15, 0.2) is 24.3 Å². The largest absolute Gasteiger partial charge is 1.00 e. The Labute approximate surface area is 205 Å². The number of carbonyl (C=O) groups is 4. The summed E-state index contributed by atoms with van der Waals surface area (Å²) in [7, 11) is 0. The summed E-state index contributed by atoms with van der Waals surface area (Å²) >= 11 is 6.76. The van der Waals surface area contributed by atoms with Gasteiger partial charge in [-0.05, 0) is 19.4 Å². The molecule has 0 aromatic rings. The molecule has 2 saturated heterocycles. The molecule has 2 heterocycles. The van der Waals surface area contributed by atoms with Crippen LogP contribution in [0.1, 0.15) is 26.7 Å². The van der Waals surface area contributed by atoms with Crippen LogP contribution >= 0.6 is 39.5 Å². The number of ketones is 2. The first kappa shape index (κ1) is 30.1. The van der Waals surface area contributed by atoms with Crippen LogP contribution in [-0.4, -0.2) is 57.4 Å². The number of rotatable bonds is 3. The number of thioether (sulfide) groups is 2. The summed E-state index contributed by atoms with van der Waals surface area (Å²) in [6.07, 6.45) is 0.697. The fourth-order valence-electron chi connectivity index (χ4n) is 1.56. The molecule has 2 atom stereocenters. The number of carboxylic acids is 1. The van der Waals surface area contributed by atoms with E-state index in [1.807, 2.05) is 11.8 Å². The molecule has 6 nitrogen and oxygen atoms in total. The average molecular weight is 503 g/mol. The van der Waals surface area contributed by atoms with Crippen molar-refractivity contribution in [2.24, 2.45) is 0 Å². The van der Waals surface area contributed by atoms with Crippen molar-refractivity contribution < 1.29 is 58.6 Å². The summed E-state index contributed by atoms with van der Waals surface area (Å²) in [6, 6.07) is 0. The van der Waals surface area contributed by atoms with Crippen molar-refractivity contribution in [1.29, 1.82) is 0 Å². The van der Waals surface area contributed by atoms with Crippen LogP contribution < -0.4 is 34.7 Å². The first-order valence-electron chi connectivity index (χ1n) is 8.14. The first-order chi connectivity index (χ1) is 12.6. The Morgan fingerprint density at radius 1 is 1.04 bits per heavy atom. The van der Waals surface area contributed by atoms with E-state index in [1.165, 1.54) is 6.92 Å². The molecule has 2 aliphatic rings. The smallest absolute Gasteiger partial charge is 0.545 e. The van der Waals surface area contributed by atoms with Gasteiger partial charge in [-0.25, -0.2) is 4.79 Å². The standard InChI is InChI=1S/C9H12O3S.C5H7BrOS.C4H6O2.Na/c1-6(2)9(11)12-8-5-13-4-3-7(8)10;6-4-3-8-2-1-5(4)7;1-3(2)4(5)6;/h8H,1,3-5H2,2H3;4H,1-3H2;1H2,2H3,(H,5,6);/q;;;+1/p-1. The maximum Gasteiger partial charge on any atom is 1.00 e. The zero-order valence-electron chi connectivity index (χ0n) is 16.5. The Morgan fingerprint density at radius 3 is 1.82 bits per heavy atom. The number of hydrogen-bond donors (Lipinski definition) is 0. The Morgan fingerprint density at radius 2 is 1.50 bits per heavy atom. The molecule has 152 valence electrons. The summed E-state index contributed by atoms with van der Waals surface area (Å²) in [4.78, 5) is 42.7. The maximum absolute atomic E-state index is 11.2. The SMILES string of the molecule is C=C(C)C(=O)OC1CSCCC1=O.C=C(C)C(=O)[O-].O=C1CCSCC1Br.[Na+]. The molecule has 0 aromatic carbocycles. The second-order valence-electron chi connectivity index (χ2n) is 5.79. The fourth-order valence-corrected chi connectivity index (χ4v) is 4.23. The summed E-state index contributed by atoms with van der Waals surface area (Å²) < 4.78 is 4.96. The van der Waals surface area contributed by atoms with Crippen molar-refractivity contribution in [1.82, 2.24) is 0 Å². The Hall–Kier alpha value is -0.0600. The van der Waals surface area contributed by atoms with Crippen molar-refractivity contribution in [2.45, 2.75) is 37.6 Å². The molecule has 0 aromatic heterocycles. The molecule has 0 aliphatic carbocycles. The predicted octanol–water partition coefficient (Wildman–Crippen LogP) is -1.05. The molecule has 0 N–H and O–H groups in total. The molecule has 0 radical (unpaired) electrons. The van der Waals surface area contributed by atoms with E-state index in [1.54, 1.807) is 18.7 Å². The minimum Gasteiger partial charge on any atom is -0.545 e. The summed E-state index contributed by atoms with van der Waals surface area (Å²) in [6.45, 7) is 9.50. The number of carboxylic acid groups (broad SMARTS) is 1. The van der Waals surface area contributed by atoms with Crippen LogP contribution in [0, 0.1) is 0 Å². The first-order valence-corrected chi connectivity index (χ1v) is 11.4. The van der Waals surface area contributed by atoms with Gasteiger partial charge in [-0.2, -0.15) is 23.5 Å². The van der Waals surface area contributed by atoms with E-state index in [2.05, 4.69) is 29.1 Å². The minimum atomic E-state index is -1.19. The number of aliphatic carboxylic acids is 1. The molecule has 10 heteroatoms. The molecule has 0 bridgehead atoms. The van der Waals surface area contributed by atoms with Gasteiger partial charge in [0, 0.05) is 41.4 Å². The molecule has 0 spiro atoms. The Kier molecular flexibility index (Phi) is 18.0. The molecule has 2 fully saturated rings. The number of alkyl halides is 1. The molecular weight excluding hydrogens is 479 g/mol. The number of Topliss-reactive ketones (excluding diaryl/α,β-unsaturated/α-hetero) is 2. The molecule has 0 saturated carbocycles. The van der Waals surface area contributed by atoms with Crippen LogP contribution in [0.3, 0.4) is 0 Å². The molecule has 0 amide bonds. The average Bonchev–Trinajstić information content (AvgIpc) is 2.60. The van der Waals surface area contributed by atoms with E-state index < -0.39 is 18.0 Å². The number of esters is 1. The van der Waals surface area contributed by atoms with Gasteiger partial charge in [-0.1, -0.05) is 29.1 Å². The molecular formula is C18H24BrNaO6S2. The van der Waals surface area contributed by atoms with E-state index in [0.29, 0.717) is 23.5 Å². The van der Waals surface area contributed by atoms with E-state index in [-0.39, 0.29) is 45.7 Å². The number of hydrogen-bond acceptors (Lipinski definition) is 8. The third kappa shape index (κ3) is 14.0. The molecule has 2 aliphatic heterocycles. The Balaban J connectivity index is 0. The van der Waals surface area contributed by atoms with Crippen molar-refractivity contribution in [3.8, 4) is 0 Å². The van der Waals surface area contributed by atoms with E-state index in [9.17, 15) is 24.3 Å². The van der Waals surface area contributed by atoms with Crippen molar-refractivity contribution in [2.75, 3.05) is 23.0 Å². The topological polar surface area (TPSA) is 101 Å². The van der Waals surface area contributed by atoms with Crippen molar-refractivity contribution in [3.05, 3.63) is 24.3 Å². The van der Waals surface area contributed by atoms with Gasteiger partial charge in [0.1, 0.15) is 5.78 Å². The van der Waals surface area contributed by atoms with Crippen LogP contribution in [0.4, 0.5) is 0 Å². The monoisotopic (exact) mass is 502 g/mol. The van der Waals surface area contributed by atoms with Crippen LogP contribution in [0.2, 0.25) is 0 Å². The minimum absolute atomic E-state index is 0. The summed E-state index contributed by atoms with van der Waals surface area (Å²) in [5, 5.41) is 9.49. The number of halogens is 1. The van der Waals surface area contributed by atoms with Gasteiger partial charge in [-0.15, -0.1) is 0 Å². The van der Waals surface area contributed by atoms with Crippen molar-refractivity contribution >= 4 is 63.0 Å². The van der Waals surface area contributed by atoms with Crippen LogP contribution in [0.5, 0.6) is 0 Å². The zero-order chi connectivity index (χ0) is 21.0. The van der Waals surface area contributed by atoms with Gasteiger partial charge in [0.25, 0.3) is 0 Å².